The van der Waals surface area contributed by atoms with Gasteiger partial charge in [0.1, 0.15) is 6.10 Å². The van der Waals surface area contributed by atoms with Gasteiger partial charge in [-0.05, 0) is 13.8 Å². The summed E-state index contributed by atoms with van der Waals surface area (Å²) in [5.41, 5.74) is 5.31. The summed E-state index contributed by atoms with van der Waals surface area (Å²) in [5, 5.41) is 0. The second-order valence-electron chi connectivity index (χ2n) is 3.40. The normalized spacial score (nSPS) is 12.5. The highest BCUT2D eigenvalue weighted by Crippen LogP contribution is 2.25. The van der Waals surface area contributed by atoms with Gasteiger partial charge in [0.15, 0.2) is 17.4 Å². The molecule has 0 aliphatic rings. The van der Waals surface area contributed by atoms with Gasteiger partial charge in [-0.3, -0.25) is 0 Å². The standard InChI is InChI=1S/C11H15F2NO2/c1-3-15-6-7(2)16-11-9(12)4-8(14)5-10(11)13/h4-5,7H,3,6,14H2,1-2H3. The van der Waals surface area contributed by atoms with Crippen LogP contribution in [0.1, 0.15) is 13.8 Å². The van der Waals surface area contributed by atoms with Crippen molar-refractivity contribution in [3.8, 4) is 5.75 Å². The van der Waals surface area contributed by atoms with Gasteiger partial charge >= 0.3 is 0 Å². The first-order valence-corrected chi connectivity index (χ1v) is 5.03. The third kappa shape index (κ3) is 3.34. The lowest BCUT2D eigenvalue weighted by atomic mass is 10.2. The van der Waals surface area contributed by atoms with Crippen LogP contribution in [0.15, 0.2) is 12.1 Å². The quantitative estimate of drug-likeness (QED) is 0.791. The third-order valence-corrected chi connectivity index (χ3v) is 1.90. The van der Waals surface area contributed by atoms with Crippen molar-refractivity contribution in [3.63, 3.8) is 0 Å². The molecule has 0 saturated heterocycles. The topological polar surface area (TPSA) is 44.5 Å². The van der Waals surface area contributed by atoms with E-state index in [9.17, 15) is 8.78 Å². The lowest BCUT2D eigenvalue weighted by molar-refractivity contribution is 0.0614. The van der Waals surface area contributed by atoms with E-state index >= 15 is 0 Å². The van der Waals surface area contributed by atoms with E-state index in [1.54, 1.807) is 6.92 Å². The molecule has 0 spiro atoms. The molecule has 1 unspecified atom stereocenters. The van der Waals surface area contributed by atoms with E-state index in [2.05, 4.69) is 0 Å². The molecule has 90 valence electrons. The molecule has 0 fully saturated rings. The molecule has 0 aliphatic heterocycles. The number of hydrogen-bond donors (Lipinski definition) is 1. The number of rotatable bonds is 5. The highest BCUT2D eigenvalue weighted by atomic mass is 19.1. The van der Waals surface area contributed by atoms with Crippen molar-refractivity contribution in [2.45, 2.75) is 20.0 Å². The Hall–Kier alpha value is -1.36. The lowest BCUT2D eigenvalue weighted by Gasteiger charge is -2.15. The number of anilines is 1. The zero-order chi connectivity index (χ0) is 12.1. The Labute approximate surface area is 93.2 Å². The van der Waals surface area contributed by atoms with Crippen LogP contribution < -0.4 is 10.5 Å². The number of nitrogen functional groups attached to an aromatic ring is 1. The summed E-state index contributed by atoms with van der Waals surface area (Å²) in [5.74, 6) is -2.02. The van der Waals surface area contributed by atoms with Gasteiger partial charge in [-0.25, -0.2) is 8.78 Å². The number of benzene rings is 1. The van der Waals surface area contributed by atoms with Gasteiger partial charge in [0, 0.05) is 24.4 Å². The highest BCUT2D eigenvalue weighted by Gasteiger charge is 2.14. The second kappa shape index (κ2) is 5.65. The van der Waals surface area contributed by atoms with Crippen LogP contribution in [0.5, 0.6) is 5.75 Å². The van der Waals surface area contributed by atoms with E-state index in [1.807, 2.05) is 6.92 Å². The zero-order valence-electron chi connectivity index (χ0n) is 9.30. The summed E-state index contributed by atoms with van der Waals surface area (Å²) in [7, 11) is 0. The third-order valence-electron chi connectivity index (χ3n) is 1.90. The first-order valence-electron chi connectivity index (χ1n) is 5.03. The summed E-state index contributed by atoms with van der Waals surface area (Å²) < 4.78 is 36.8. The van der Waals surface area contributed by atoms with Crippen LogP contribution in [0.3, 0.4) is 0 Å². The van der Waals surface area contributed by atoms with Gasteiger partial charge in [0.2, 0.25) is 0 Å². The molecular weight excluding hydrogens is 216 g/mol. The van der Waals surface area contributed by atoms with Crippen LogP contribution in [0.4, 0.5) is 14.5 Å². The van der Waals surface area contributed by atoms with E-state index < -0.39 is 23.5 Å². The Morgan fingerprint density at radius 2 is 1.88 bits per heavy atom. The monoisotopic (exact) mass is 231 g/mol. The molecule has 0 aromatic heterocycles. The number of nitrogens with two attached hydrogens (primary N) is 1. The smallest absolute Gasteiger partial charge is 0.191 e. The summed E-state index contributed by atoms with van der Waals surface area (Å²) in [6.45, 7) is 4.31. The minimum absolute atomic E-state index is 0.0276. The number of halogens is 2. The summed E-state index contributed by atoms with van der Waals surface area (Å²) >= 11 is 0. The van der Waals surface area contributed by atoms with E-state index in [0.717, 1.165) is 12.1 Å². The van der Waals surface area contributed by atoms with Crippen molar-refractivity contribution in [1.29, 1.82) is 0 Å². The van der Waals surface area contributed by atoms with Crippen molar-refractivity contribution < 1.29 is 18.3 Å². The van der Waals surface area contributed by atoms with Crippen LogP contribution in [-0.4, -0.2) is 19.3 Å². The lowest BCUT2D eigenvalue weighted by Crippen LogP contribution is -2.20. The SMILES string of the molecule is CCOCC(C)Oc1c(F)cc(N)cc1F. The minimum atomic E-state index is -0.805. The molecule has 0 aliphatic carbocycles. The molecule has 1 aromatic carbocycles. The van der Waals surface area contributed by atoms with Crippen LogP contribution in [0, 0.1) is 11.6 Å². The van der Waals surface area contributed by atoms with Gasteiger partial charge < -0.3 is 15.2 Å². The molecule has 3 nitrogen and oxygen atoms in total. The van der Waals surface area contributed by atoms with Crippen LogP contribution in [0.25, 0.3) is 0 Å². The molecule has 1 rings (SSSR count). The van der Waals surface area contributed by atoms with Crippen LogP contribution >= 0.6 is 0 Å². The van der Waals surface area contributed by atoms with Crippen molar-refractivity contribution in [2.75, 3.05) is 18.9 Å². The highest BCUT2D eigenvalue weighted by molar-refractivity contribution is 5.44. The molecule has 16 heavy (non-hydrogen) atoms. The van der Waals surface area contributed by atoms with Crippen LogP contribution in [0.2, 0.25) is 0 Å². The van der Waals surface area contributed by atoms with Gasteiger partial charge in [-0.1, -0.05) is 0 Å². The Morgan fingerprint density at radius 3 is 2.38 bits per heavy atom. The van der Waals surface area contributed by atoms with Gasteiger partial charge in [-0.2, -0.15) is 0 Å². The van der Waals surface area contributed by atoms with E-state index in [-0.39, 0.29) is 12.3 Å². The van der Waals surface area contributed by atoms with Crippen molar-refractivity contribution in [3.05, 3.63) is 23.8 Å². The van der Waals surface area contributed by atoms with Gasteiger partial charge in [-0.15, -0.1) is 0 Å². The minimum Gasteiger partial charge on any atom is -0.482 e. The maximum absolute atomic E-state index is 13.3. The van der Waals surface area contributed by atoms with Crippen LogP contribution in [-0.2, 0) is 4.74 Å². The Kier molecular flexibility index (Phi) is 4.49. The molecule has 1 atom stereocenters. The molecule has 0 heterocycles. The van der Waals surface area contributed by atoms with E-state index in [1.165, 1.54) is 0 Å². The Bertz CT molecular complexity index is 335. The fraction of sp³-hybridized carbons (Fsp3) is 0.455. The molecule has 0 amide bonds. The maximum atomic E-state index is 13.3. The average molecular weight is 231 g/mol. The molecule has 1 aromatic rings. The van der Waals surface area contributed by atoms with E-state index in [0.29, 0.717) is 6.61 Å². The van der Waals surface area contributed by atoms with E-state index in [4.69, 9.17) is 15.2 Å². The van der Waals surface area contributed by atoms with Gasteiger partial charge in [0.25, 0.3) is 0 Å². The summed E-state index contributed by atoms with van der Waals surface area (Å²) in [4.78, 5) is 0. The molecule has 0 bridgehead atoms. The zero-order valence-corrected chi connectivity index (χ0v) is 9.30. The molecular formula is C11H15F2NO2. The Morgan fingerprint density at radius 1 is 1.31 bits per heavy atom. The second-order valence-corrected chi connectivity index (χ2v) is 3.40. The first-order chi connectivity index (χ1) is 7.54. The predicted molar refractivity (Wildman–Crippen MR) is 57.4 cm³/mol. The largest absolute Gasteiger partial charge is 0.482 e. The molecule has 5 heteroatoms. The van der Waals surface area contributed by atoms with Crippen molar-refractivity contribution in [2.24, 2.45) is 0 Å². The fourth-order valence-electron chi connectivity index (χ4n) is 1.21. The number of ether oxygens (including phenoxy) is 2. The number of hydrogen-bond acceptors (Lipinski definition) is 3. The predicted octanol–water partition coefficient (Wildman–Crippen LogP) is 2.35. The first kappa shape index (κ1) is 12.7. The summed E-state index contributed by atoms with van der Waals surface area (Å²) in [6, 6.07) is 2.04. The average Bonchev–Trinajstić information content (AvgIpc) is 2.20. The summed E-state index contributed by atoms with van der Waals surface area (Å²) in [6.07, 6.45) is -0.424. The molecule has 0 radical (unpaired) electrons. The molecule has 0 saturated carbocycles. The maximum Gasteiger partial charge on any atom is 0.191 e. The van der Waals surface area contributed by atoms with Crippen molar-refractivity contribution >= 4 is 5.69 Å². The van der Waals surface area contributed by atoms with Gasteiger partial charge in [0.05, 0.1) is 6.61 Å². The molecule has 2 N–H and O–H groups in total. The van der Waals surface area contributed by atoms with Crippen molar-refractivity contribution in [1.82, 2.24) is 0 Å². The fourth-order valence-corrected chi connectivity index (χ4v) is 1.21. The Balaban J connectivity index is 2.73.